The van der Waals surface area contributed by atoms with Gasteiger partial charge in [-0.1, -0.05) is 29.8 Å². The van der Waals surface area contributed by atoms with Gasteiger partial charge in [0.15, 0.2) is 5.82 Å². The number of anilines is 2. The molecule has 4 rings (SSSR count). The van der Waals surface area contributed by atoms with Crippen LogP contribution in [0, 0.1) is 6.92 Å². The Morgan fingerprint density at radius 1 is 1.06 bits per heavy atom. The Bertz CT molecular complexity index is 895. The van der Waals surface area contributed by atoms with Crippen LogP contribution in [0.15, 0.2) is 41.5 Å². The number of nitrogens with zero attached hydrogens (tertiary/aromatic N) is 5. The maximum atomic E-state index is 6.08. The second-order valence-electron chi connectivity index (χ2n) is 8.11. The average Bonchev–Trinajstić information content (AvgIpc) is 2.84. The van der Waals surface area contributed by atoms with Crippen molar-refractivity contribution >= 4 is 17.7 Å². The van der Waals surface area contributed by atoms with Crippen molar-refractivity contribution in [2.75, 3.05) is 82.7 Å². The number of benzene rings is 1. The Balaban J connectivity index is 1.48. The van der Waals surface area contributed by atoms with Crippen LogP contribution in [0.25, 0.3) is 0 Å². The van der Waals surface area contributed by atoms with E-state index in [9.17, 15) is 0 Å². The number of aryl methyl sites for hydroxylation is 1. The van der Waals surface area contributed by atoms with Gasteiger partial charge in [-0.2, -0.15) is 10.1 Å². The molecule has 0 saturated carbocycles. The number of hydrazone groups is 1. The predicted molar refractivity (Wildman–Crippen MR) is 127 cm³/mol. The molecule has 2 fully saturated rings. The minimum Gasteiger partial charge on any atom is -0.476 e. The lowest BCUT2D eigenvalue weighted by atomic mass is 10.2. The van der Waals surface area contributed by atoms with E-state index in [0.29, 0.717) is 12.5 Å². The zero-order valence-electron chi connectivity index (χ0n) is 19.1. The summed E-state index contributed by atoms with van der Waals surface area (Å²) in [7, 11) is 1.91. The van der Waals surface area contributed by atoms with Crippen molar-refractivity contribution in [2.24, 2.45) is 5.10 Å². The van der Waals surface area contributed by atoms with Crippen molar-refractivity contribution in [1.29, 1.82) is 0 Å². The molecule has 32 heavy (non-hydrogen) atoms. The van der Waals surface area contributed by atoms with Crippen molar-refractivity contribution in [3.8, 4) is 5.88 Å². The molecule has 0 radical (unpaired) electrons. The van der Waals surface area contributed by atoms with Crippen molar-refractivity contribution in [3.63, 3.8) is 0 Å². The molecule has 8 heteroatoms. The van der Waals surface area contributed by atoms with Crippen molar-refractivity contribution in [2.45, 2.75) is 6.92 Å². The second kappa shape index (κ2) is 11.3. The standard InChI is InChI=1S/C24H33N5O3/c1-20-4-3-5-21(16-20)19-25-27(2)23-17-22(29-9-13-31-14-10-29)18-24(26-23)32-15-8-28-6-11-30-12-7-28/h3-5,16-19H,6-15H2,1-2H3. The monoisotopic (exact) mass is 439 g/mol. The highest BCUT2D eigenvalue weighted by molar-refractivity contribution is 5.80. The summed E-state index contributed by atoms with van der Waals surface area (Å²) >= 11 is 0. The minimum atomic E-state index is 0.593. The lowest BCUT2D eigenvalue weighted by molar-refractivity contribution is 0.0320. The van der Waals surface area contributed by atoms with Crippen LogP contribution in [0.5, 0.6) is 5.88 Å². The van der Waals surface area contributed by atoms with Gasteiger partial charge in [-0.3, -0.25) is 9.91 Å². The summed E-state index contributed by atoms with van der Waals surface area (Å²) < 4.78 is 17.0. The number of ether oxygens (including phenoxy) is 3. The first-order valence-electron chi connectivity index (χ1n) is 11.3. The summed E-state index contributed by atoms with van der Waals surface area (Å²) in [6, 6.07) is 12.3. The molecule has 0 bridgehead atoms. The minimum absolute atomic E-state index is 0.593. The third kappa shape index (κ3) is 6.41. The summed E-state index contributed by atoms with van der Waals surface area (Å²) in [5.41, 5.74) is 3.35. The van der Waals surface area contributed by atoms with Gasteiger partial charge in [0.1, 0.15) is 6.61 Å². The molecule has 1 aromatic heterocycles. The molecule has 0 spiro atoms. The Hall–Kier alpha value is -2.68. The second-order valence-corrected chi connectivity index (χ2v) is 8.11. The summed E-state index contributed by atoms with van der Waals surface area (Å²) in [5, 5.41) is 6.40. The Kier molecular flexibility index (Phi) is 7.92. The van der Waals surface area contributed by atoms with Crippen LogP contribution >= 0.6 is 0 Å². The molecule has 172 valence electrons. The third-order valence-electron chi connectivity index (χ3n) is 5.66. The molecule has 2 aromatic rings. The normalized spacial score (nSPS) is 17.6. The maximum absolute atomic E-state index is 6.08. The van der Waals surface area contributed by atoms with Gasteiger partial charge in [0.25, 0.3) is 0 Å². The molecule has 0 amide bonds. The Labute approximate surface area is 190 Å². The van der Waals surface area contributed by atoms with Crippen molar-refractivity contribution in [3.05, 3.63) is 47.5 Å². The highest BCUT2D eigenvalue weighted by atomic mass is 16.5. The number of aromatic nitrogens is 1. The van der Waals surface area contributed by atoms with E-state index >= 15 is 0 Å². The average molecular weight is 440 g/mol. The van der Waals surface area contributed by atoms with Crippen LogP contribution in [0.4, 0.5) is 11.5 Å². The molecule has 0 N–H and O–H groups in total. The Morgan fingerprint density at radius 2 is 1.81 bits per heavy atom. The number of pyridine rings is 1. The van der Waals surface area contributed by atoms with Gasteiger partial charge in [-0.05, 0) is 12.5 Å². The van der Waals surface area contributed by atoms with E-state index in [2.05, 4.69) is 40.0 Å². The highest BCUT2D eigenvalue weighted by Crippen LogP contribution is 2.26. The summed E-state index contributed by atoms with van der Waals surface area (Å²) in [5.74, 6) is 1.37. The zero-order chi connectivity index (χ0) is 22.2. The largest absolute Gasteiger partial charge is 0.476 e. The number of rotatable bonds is 8. The molecule has 2 saturated heterocycles. The van der Waals surface area contributed by atoms with Crippen LogP contribution in [-0.2, 0) is 9.47 Å². The van der Waals surface area contributed by atoms with Gasteiger partial charge in [-0.25, -0.2) is 0 Å². The topological polar surface area (TPSA) is 62.7 Å². The van der Waals surface area contributed by atoms with E-state index in [4.69, 9.17) is 19.2 Å². The molecule has 2 aliphatic heterocycles. The molecule has 0 atom stereocenters. The molecule has 8 nitrogen and oxygen atoms in total. The van der Waals surface area contributed by atoms with Gasteiger partial charge in [0, 0.05) is 57.6 Å². The van der Waals surface area contributed by atoms with Gasteiger partial charge in [-0.15, -0.1) is 0 Å². The van der Waals surface area contributed by atoms with Gasteiger partial charge >= 0.3 is 0 Å². The number of hydrogen-bond donors (Lipinski definition) is 0. The summed E-state index contributed by atoms with van der Waals surface area (Å²) in [4.78, 5) is 9.39. The fourth-order valence-corrected chi connectivity index (χ4v) is 3.79. The van der Waals surface area contributed by atoms with Crippen molar-refractivity contribution in [1.82, 2.24) is 9.88 Å². The van der Waals surface area contributed by atoms with Gasteiger partial charge in [0.05, 0.1) is 32.6 Å². The number of morpholine rings is 2. The molecular formula is C24H33N5O3. The fourth-order valence-electron chi connectivity index (χ4n) is 3.79. The maximum Gasteiger partial charge on any atom is 0.217 e. The van der Waals surface area contributed by atoms with Crippen LogP contribution in [0.2, 0.25) is 0 Å². The lowest BCUT2D eigenvalue weighted by Gasteiger charge is -2.30. The SMILES string of the molecule is Cc1cccc(C=NN(C)c2cc(N3CCOCC3)cc(OCCN3CCOCC3)n2)c1. The summed E-state index contributed by atoms with van der Waals surface area (Å²) in [6.07, 6.45) is 1.86. The zero-order valence-corrected chi connectivity index (χ0v) is 19.1. The first kappa shape index (κ1) is 22.5. The fraction of sp³-hybridized carbons (Fsp3) is 0.500. The van der Waals surface area contributed by atoms with Crippen molar-refractivity contribution < 1.29 is 14.2 Å². The molecule has 0 aliphatic carbocycles. The van der Waals surface area contributed by atoms with Gasteiger partial charge in [0.2, 0.25) is 5.88 Å². The van der Waals surface area contributed by atoms with E-state index in [0.717, 1.165) is 76.2 Å². The highest BCUT2D eigenvalue weighted by Gasteiger charge is 2.16. The van der Waals surface area contributed by atoms with Crippen LogP contribution in [0.1, 0.15) is 11.1 Å². The lowest BCUT2D eigenvalue weighted by Crippen LogP contribution is -2.38. The van der Waals surface area contributed by atoms with Crippen LogP contribution in [-0.4, -0.2) is 88.9 Å². The number of hydrogen-bond acceptors (Lipinski definition) is 8. The smallest absolute Gasteiger partial charge is 0.217 e. The predicted octanol–water partition coefficient (Wildman–Crippen LogP) is 2.41. The van der Waals surface area contributed by atoms with Gasteiger partial charge < -0.3 is 19.1 Å². The van der Waals surface area contributed by atoms with E-state index in [-0.39, 0.29) is 0 Å². The first-order valence-corrected chi connectivity index (χ1v) is 11.3. The molecular weight excluding hydrogens is 406 g/mol. The van der Waals surface area contributed by atoms with E-state index in [1.54, 1.807) is 5.01 Å². The third-order valence-corrected chi connectivity index (χ3v) is 5.66. The molecule has 0 unspecified atom stereocenters. The molecule has 1 aromatic carbocycles. The van der Waals surface area contributed by atoms with E-state index in [1.165, 1.54) is 5.56 Å². The Morgan fingerprint density at radius 3 is 2.56 bits per heavy atom. The van der Waals surface area contributed by atoms with Crippen LogP contribution < -0.4 is 14.6 Å². The van der Waals surface area contributed by atoms with E-state index < -0.39 is 0 Å². The first-order chi connectivity index (χ1) is 15.7. The molecule has 2 aliphatic rings. The molecule has 3 heterocycles. The summed E-state index contributed by atoms with van der Waals surface area (Å²) in [6.45, 7) is 10.2. The van der Waals surface area contributed by atoms with Crippen LogP contribution in [0.3, 0.4) is 0 Å². The quantitative estimate of drug-likeness (QED) is 0.462. The van der Waals surface area contributed by atoms with E-state index in [1.807, 2.05) is 31.5 Å².